The SMILES string of the molecule is Cc1[nH]c2cccc([N+](=O)[O-])c2c1Sc1ccc(Cl)cc1.Cc1cc2c([N+](=O)[O-])cccc2[nH]1. The molecule has 2 N–H and O–H groups in total. The molecule has 10 heteroatoms. The molecule has 0 amide bonds. The standard InChI is InChI=1S/C15H11ClN2O2S.C9H8N2O2/c1-9-15(21-11-7-5-10(16)6-8-11)14-12(17-9)3-2-4-13(14)18(19)20;1-6-5-7-8(10-6)3-2-4-9(7)11(12)13/h2-8,17H,1H3;2-5,10H,1H3. The zero-order valence-electron chi connectivity index (χ0n) is 18.2. The van der Waals surface area contributed by atoms with Gasteiger partial charge < -0.3 is 9.97 Å². The Labute approximate surface area is 203 Å². The first kappa shape index (κ1) is 23.3. The molecule has 0 fully saturated rings. The van der Waals surface area contributed by atoms with Gasteiger partial charge in [0.1, 0.15) is 0 Å². The van der Waals surface area contributed by atoms with Crippen molar-refractivity contribution in [1.82, 2.24) is 9.97 Å². The van der Waals surface area contributed by atoms with Gasteiger partial charge >= 0.3 is 0 Å². The van der Waals surface area contributed by atoms with Gasteiger partial charge in [-0.3, -0.25) is 20.2 Å². The first-order valence-electron chi connectivity index (χ1n) is 10.2. The Bertz CT molecular complexity index is 1530. The van der Waals surface area contributed by atoms with Crippen LogP contribution in [0, 0.1) is 34.1 Å². The number of fused-ring (bicyclic) bond motifs is 2. The van der Waals surface area contributed by atoms with Crippen molar-refractivity contribution < 1.29 is 9.85 Å². The Kier molecular flexibility index (Phi) is 6.58. The van der Waals surface area contributed by atoms with Crippen molar-refractivity contribution in [3.63, 3.8) is 0 Å². The molecule has 0 aliphatic heterocycles. The molecule has 172 valence electrons. The maximum atomic E-state index is 11.2. The quantitative estimate of drug-likeness (QED) is 0.197. The number of hydrogen-bond acceptors (Lipinski definition) is 5. The minimum absolute atomic E-state index is 0.119. The van der Waals surface area contributed by atoms with Gasteiger partial charge in [0.2, 0.25) is 0 Å². The van der Waals surface area contributed by atoms with Gasteiger partial charge in [0.05, 0.1) is 31.7 Å². The van der Waals surface area contributed by atoms with E-state index in [1.54, 1.807) is 18.2 Å². The fourth-order valence-electron chi connectivity index (χ4n) is 3.67. The number of aromatic amines is 2. The average molecular weight is 495 g/mol. The Morgan fingerprint density at radius 3 is 2.09 bits per heavy atom. The molecule has 0 unspecified atom stereocenters. The number of non-ortho nitro benzene ring substituents is 2. The van der Waals surface area contributed by atoms with Gasteiger partial charge in [-0.1, -0.05) is 35.5 Å². The number of nitro benzene ring substituents is 2. The van der Waals surface area contributed by atoms with Crippen LogP contribution in [-0.2, 0) is 0 Å². The molecule has 0 radical (unpaired) electrons. The highest BCUT2D eigenvalue weighted by Crippen LogP contribution is 2.40. The van der Waals surface area contributed by atoms with E-state index < -0.39 is 0 Å². The zero-order valence-corrected chi connectivity index (χ0v) is 19.7. The van der Waals surface area contributed by atoms with E-state index in [2.05, 4.69) is 9.97 Å². The molecule has 8 nitrogen and oxygen atoms in total. The fourth-order valence-corrected chi connectivity index (χ4v) is 4.82. The van der Waals surface area contributed by atoms with E-state index in [1.165, 1.54) is 23.9 Å². The molecular formula is C24H19ClN4O4S. The van der Waals surface area contributed by atoms with Crippen LogP contribution < -0.4 is 0 Å². The maximum Gasteiger partial charge on any atom is 0.279 e. The first-order chi connectivity index (χ1) is 16.2. The molecule has 0 aliphatic rings. The third-order valence-electron chi connectivity index (χ3n) is 5.14. The minimum Gasteiger partial charge on any atom is -0.358 e. The molecule has 5 rings (SSSR count). The number of halogens is 1. The Hall–Kier alpha value is -3.82. The average Bonchev–Trinajstić information content (AvgIpc) is 3.33. The number of nitro groups is 2. The lowest BCUT2D eigenvalue weighted by atomic mass is 10.2. The van der Waals surface area contributed by atoms with Crippen LogP contribution >= 0.6 is 23.4 Å². The first-order valence-corrected chi connectivity index (χ1v) is 11.4. The molecule has 0 spiro atoms. The maximum absolute atomic E-state index is 11.2. The summed E-state index contributed by atoms with van der Waals surface area (Å²) in [6, 6.07) is 19.3. The van der Waals surface area contributed by atoms with Crippen LogP contribution in [0.2, 0.25) is 5.02 Å². The topological polar surface area (TPSA) is 118 Å². The molecule has 34 heavy (non-hydrogen) atoms. The lowest BCUT2D eigenvalue weighted by molar-refractivity contribution is -0.383. The monoisotopic (exact) mass is 494 g/mol. The molecule has 2 heterocycles. The third kappa shape index (κ3) is 4.75. The van der Waals surface area contributed by atoms with Crippen molar-refractivity contribution in [2.45, 2.75) is 23.6 Å². The summed E-state index contributed by atoms with van der Waals surface area (Å²) in [4.78, 5) is 29.3. The van der Waals surface area contributed by atoms with Crippen LogP contribution in [0.4, 0.5) is 11.4 Å². The zero-order chi connectivity index (χ0) is 24.4. The van der Waals surface area contributed by atoms with E-state index in [9.17, 15) is 20.2 Å². The molecule has 0 atom stereocenters. The molecule has 0 aliphatic carbocycles. The van der Waals surface area contributed by atoms with Gasteiger partial charge in [-0.2, -0.15) is 0 Å². The fraction of sp³-hybridized carbons (Fsp3) is 0.0833. The summed E-state index contributed by atoms with van der Waals surface area (Å²) in [5.41, 5.74) is 3.71. The van der Waals surface area contributed by atoms with Crippen molar-refractivity contribution in [3.05, 3.63) is 103 Å². The Morgan fingerprint density at radius 2 is 1.44 bits per heavy atom. The van der Waals surface area contributed by atoms with E-state index in [0.29, 0.717) is 15.8 Å². The number of aromatic nitrogens is 2. The highest BCUT2D eigenvalue weighted by atomic mass is 35.5. The van der Waals surface area contributed by atoms with Crippen LogP contribution in [0.25, 0.3) is 21.8 Å². The second-order valence-electron chi connectivity index (χ2n) is 7.54. The van der Waals surface area contributed by atoms with Crippen LogP contribution in [0.1, 0.15) is 11.4 Å². The molecular weight excluding hydrogens is 476 g/mol. The van der Waals surface area contributed by atoms with Crippen molar-refractivity contribution in [1.29, 1.82) is 0 Å². The number of nitrogens with one attached hydrogen (secondary N) is 2. The van der Waals surface area contributed by atoms with Gasteiger partial charge in [-0.05, 0) is 56.3 Å². The summed E-state index contributed by atoms with van der Waals surface area (Å²) in [5.74, 6) is 0. The van der Waals surface area contributed by atoms with E-state index in [0.717, 1.165) is 32.2 Å². The minimum atomic E-state index is -0.365. The van der Waals surface area contributed by atoms with E-state index in [-0.39, 0.29) is 21.2 Å². The number of nitrogens with zero attached hydrogens (tertiary/aromatic N) is 2. The van der Waals surface area contributed by atoms with Crippen molar-refractivity contribution in [3.8, 4) is 0 Å². The van der Waals surface area contributed by atoms with Crippen LogP contribution in [0.15, 0.2) is 76.5 Å². The summed E-state index contributed by atoms with van der Waals surface area (Å²) in [5, 5.41) is 23.8. The predicted octanol–water partition coefficient (Wildman–Crippen LogP) is 7.57. The highest BCUT2D eigenvalue weighted by Gasteiger charge is 2.19. The molecule has 5 aromatic rings. The van der Waals surface area contributed by atoms with Gasteiger partial charge in [-0.15, -0.1) is 0 Å². The second kappa shape index (κ2) is 9.58. The van der Waals surface area contributed by atoms with Crippen molar-refractivity contribution >= 4 is 56.5 Å². The third-order valence-corrected chi connectivity index (χ3v) is 6.61. The predicted molar refractivity (Wildman–Crippen MR) is 135 cm³/mol. The highest BCUT2D eigenvalue weighted by molar-refractivity contribution is 7.99. The Balaban J connectivity index is 0.000000180. The number of rotatable bonds is 4. The number of aryl methyl sites for hydroxylation is 2. The van der Waals surface area contributed by atoms with Crippen molar-refractivity contribution in [2.75, 3.05) is 0 Å². The van der Waals surface area contributed by atoms with Crippen molar-refractivity contribution in [2.24, 2.45) is 0 Å². The number of benzene rings is 3. The summed E-state index contributed by atoms with van der Waals surface area (Å²) in [6.07, 6.45) is 0. The number of hydrogen-bond donors (Lipinski definition) is 2. The van der Waals surface area contributed by atoms with Gasteiger partial charge in [-0.25, -0.2) is 0 Å². The molecule has 0 saturated carbocycles. The summed E-state index contributed by atoms with van der Waals surface area (Å²) >= 11 is 7.38. The normalized spacial score (nSPS) is 10.8. The van der Waals surface area contributed by atoms with Gasteiger partial charge in [0, 0.05) is 38.3 Å². The summed E-state index contributed by atoms with van der Waals surface area (Å²) in [7, 11) is 0. The van der Waals surface area contributed by atoms with Crippen LogP contribution in [0.5, 0.6) is 0 Å². The molecule has 2 aromatic heterocycles. The molecule has 0 saturated heterocycles. The number of H-pyrrole nitrogens is 2. The lowest BCUT2D eigenvalue weighted by Gasteiger charge is -2.02. The van der Waals surface area contributed by atoms with Gasteiger partial charge in [0.25, 0.3) is 11.4 Å². The lowest BCUT2D eigenvalue weighted by Crippen LogP contribution is -1.88. The van der Waals surface area contributed by atoms with Crippen LogP contribution in [-0.4, -0.2) is 19.8 Å². The van der Waals surface area contributed by atoms with E-state index >= 15 is 0 Å². The summed E-state index contributed by atoms with van der Waals surface area (Å²) in [6.45, 7) is 3.80. The largest absolute Gasteiger partial charge is 0.358 e. The van der Waals surface area contributed by atoms with E-state index in [4.69, 9.17) is 11.6 Å². The van der Waals surface area contributed by atoms with Crippen LogP contribution in [0.3, 0.4) is 0 Å². The second-order valence-corrected chi connectivity index (χ2v) is 9.06. The molecule has 0 bridgehead atoms. The molecule has 3 aromatic carbocycles. The van der Waals surface area contributed by atoms with E-state index in [1.807, 2.05) is 50.2 Å². The Morgan fingerprint density at radius 1 is 0.824 bits per heavy atom. The smallest absolute Gasteiger partial charge is 0.279 e. The van der Waals surface area contributed by atoms with Gasteiger partial charge in [0.15, 0.2) is 0 Å². The summed E-state index contributed by atoms with van der Waals surface area (Å²) < 4.78 is 0.